The van der Waals surface area contributed by atoms with Crippen molar-refractivity contribution in [1.82, 2.24) is 15.3 Å². The molecule has 5 nitrogen and oxygen atoms in total. The SMILES string of the molecule is CCC(C)NC(=O)COc1ncnc2ccc(Br)cc12. The van der Waals surface area contributed by atoms with Crippen LogP contribution in [0.15, 0.2) is 29.0 Å². The molecule has 1 unspecified atom stereocenters. The molecular formula is C14H16BrN3O2. The summed E-state index contributed by atoms with van der Waals surface area (Å²) in [7, 11) is 0. The van der Waals surface area contributed by atoms with Gasteiger partial charge in [-0.2, -0.15) is 0 Å². The van der Waals surface area contributed by atoms with Gasteiger partial charge in [-0.3, -0.25) is 4.79 Å². The van der Waals surface area contributed by atoms with E-state index in [-0.39, 0.29) is 18.6 Å². The maximum atomic E-state index is 11.7. The van der Waals surface area contributed by atoms with Crippen molar-refractivity contribution in [3.63, 3.8) is 0 Å². The van der Waals surface area contributed by atoms with Crippen molar-refractivity contribution >= 4 is 32.7 Å². The molecule has 1 amide bonds. The number of carbonyl (C=O) groups is 1. The average molecular weight is 338 g/mol. The fourth-order valence-electron chi connectivity index (χ4n) is 1.67. The van der Waals surface area contributed by atoms with Crippen molar-refractivity contribution < 1.29 is 9.53 Å². The number of amides is 1. The van der Waals surface area contributed by atoms with Crippen LogP contribution < -0.4 is 10.1 Å². The molecule has 0 radical (unpaired) electrons. The lowest BCUT2D eigenvalue weighted by Gasteiger charge is -2.12. The first-order valence-corrected chi connectivity index (χ1v) is 7.22. The van der Waals surface area contributed by atoms with E-state index >= 15 is 0 Å². The van der Waals surface area contributed by atoms with Gasteiger partial charge in [0.25, 0.3) is 5.91 Å². The molecule has 106 valence electrons. The third kappa shape index (κ3) is 3.66. The van der Waals surface area contributed by atoms with Crippen LogP contribution >= 0.6 is 15.9 Å². The minimum Gasteiger partial charge on any atom is -0.467 e. The van der Waals surface area contributed by atoms with Gasteiger partial charge in [-0.05, 0) is 31.5 Å². The second-order valence-electron chi connectivity index (χ2n) is 4.51. The number of benzene rings is 1. The standard InChI is InChI=1S/C14H16BrN3O2/c1-3-9(2)18-13(19)7-20-14-11-6-10(15)4-5-12(11)16-8-17-14/h4-6,8-9H,3,7H2,1-2H3,(H,18,19). The average Bonchev–Trinajstić information content (AvgIpc) is 2.44. The maximum absolute atomic E-state index is 11.7. The maximum Gasteiger partial charge on any atom is 0.258 e. The van der Waals surface area contributed by atoms with Gasteiger partial charge in [0.1, 0.15) is 6.33 Å². The highest BCUT2D eigenvalue weighted by Crippen LogP contribution is 2.24. The second kappa shape index (κ2) is 6.65. The molecule has 1 heterocycles. The molecule has 0 aliphatic heterocycles. The highest BCUT2D eigenvalue weighted by molar-refractivity contribution is 9.10. The van der Waals surface area contributed by atoms with Crippen molar-refractivity contribution in [2.24, 2.45) is 0 Å². The Balaban J connectivity index is 2.10. The Bertz CT molecular complexity index is 618. The number of fused-ring (bicyclic) bond motifs is 1. The molecule has 1 atom stereocenters. The number of rotatable bonds is 5. The van der Waals surface area contributed by atoms with Gasteiger partial charge >= 0.3 is 0 Å². The van der Waals surface area contributed by atoms with Gasteiger partial charge in [0.05, 0.1) is 10.9 Å². The number of carbonyl (C=O) groups excluding carboxylic acids is 1. The fourth-order valence-corrected chi connectivity index (χ4v) is 2.03. The van der Waals surface area contributed by atoms with Crippen LogP contribution in [0.1, 0.15) is 20.3 Å². The van der Waals surface area contributed by atoms with E-state index in [0.29, 0.717) is 5.88 Å². The largest absolute Gasteiger partial charge is 0.467 e. The molecular weight excluding hydrogens is 322 g/mol. The topological polar surface area (TPSA) is 64.1 Å². The molecule has 1 aromatic carbocycles. The van der Waals surface area contributed by atoms with Gasteiger partial charge < -0.3 is 10.1 Å². The highest BCUT2D eigenvalue weighted by atomic mass is 79.9. The first kappa shape index (κ1) is 14.7. The van der Waals surface area contributed by atoms with E-state index in [0.717, 1.165) is 21.8 Å². The zero-order valence-corrected chi connectivity index (χ0v) is 13.0. The molecule has 0 saturated heterocycles. The third-order valence-corrected chi connectivity index (χ3v) is 3.41. The number of halogens is 1. The Kier molecular flexibility index (Phi) is 4.89. The minimum atomic E-state index is -0.152. The summed E-state index contributed by atoms with van der Waals surface area (Å²) in [4.78, 5) is 19.9. The molecule has 0 bridgehead atoms. The predicted molar refractivity (Wildman–Crippen MR) is 80.6 cm³/mol. The van der Waals surface area contributed by atoms with Crippen LogP contribution in [-0.2, 0) is 4.79 Å². The van der Waals surface area contributed by atoms with E-state index in [1.165, 1.54) is 6.33 Å². The normalized spacial score (nSPS) is 12.2. The van der Waals surface area contributed by atoms with E-state index in [1.807, 2.05) is 32.0 Å². The predicted octanol–water partition coefficient (Wildman–Crippen LogP) is 2.69. The van der Waals surface area contributed by atoms with Crippen LogP contribution in [0, 0.1) is 0 Å². The van der Waals surface area contributed by atoms with E-state index in [4.69, 9.17) is 4.74 Å². The first-order valence-electron chi connectivity index (χ1n) is 6.42. The summed E-state index contributed by atoms with van der Waals surface area (Å²) in [6.07, 6.45) is 2.31. The van der Waals surface area contributed by atoms with Gasteiger partial charge in [0, 0.05) is 10.5 Å². The lowest BCUT2D eigenvalue weighted by Crippen LogP contribution is -2.35. The van der Waals surface area contributed by atoms with Crippen molar-refractivity contribution in [2.45, 2.75) is 26.3 Å². The molecule has 2 rings (SSSR count). The Morgan fingerprint density at radius 2 is 2.25 bits per heavy atom. The number of aromatic nitrogens is 2. The molecule has 2 aromatic rings. The van der Waals surface area contributed by atoms with Crippen LogP contribution in [0.5, 0.6) is 5.88 Å². The van der Waals surface area contributed by atoms with E-state index in [1.54, 1.807) is 0 Å². The Morgan fingerprint density at radius 1 is 1.45 bits per heavy atom. The fraction of sp³-hybridized carbons (Fsp3) is 0.357. The molecule has 0 aliphatic rings. The van der Waals surface area contributed by atoms with E-state index < -0.39 is 0 Å². The smallest absolute Gasteiger partial charge is 0.258 e. The molecule has 0 spiro atoms. The van der Waals surface area contributed by atoms with Crippen molar-refractivity contribution in [2.75, 3.05) is 6.61 Å². The number of nitrogens with one attached hydrogen (secondary N) is 1. The Morgan fingerprint density at radius 3 is 3.00 bits per heavy atom. The van der Waals surface area contributed by atoms with Crippen molar-refractivity contribution in [1.29, 1.82) is 0 Å². The number of ether oxygens (including phenoxy) is 1. The van der Waals surface area contributed by atoms with E-state index in [9.17, 15) is 4.79 Å². The van der Waals surface area contributed by atoms with Crippen LogP contribution in [0.2, 0.25) is 0 Å². The summed E-state index contributed by atoms with van der Waals surface area (Å²) >= 11 is 3.40. The van der Waals surface area contributed by atoms with Crippen LogP contribution in [-0.4, -0.2) is 28.5 Å². The lowest BCUT2D eigenvalue weighted by molar-refractivity contribution is -0.123. The molecule has 1 aromatic heterocycles. The highest BCUT2D eigenvalue weighted by Gasteiger charge is 2.09. The first-order chi connectivity index (χ1) is 9.60. The summed E-state index contributed by atoms with van der Waals surface area (Å²) in [6, 6.07) is 5.78. The van der Waals surface area contributed by atoms with Crippen LogP contribution in [0.3, 0.4) is 0 Å². The zero-order valence-electron chi connectivity index (χ0n) is 11.4. The van der Waals surface area contributed by atoms with Gasteiger partial charge in [-0.15, -0.1) is 0 Å². The number of hydrogen-bond acceptors (Lipinski definition) is 4. The zero-order chi connectivity index (χ0) is 14.5. The van der Waals surface area contributed by atoms with Crippen molar-refractivity contribution in [3.8, 4) is 5.88 Å². The summed E-state index contributed by atoms with van der Waals surface area (Å²) in [6.45, 7) is 3.92. The van der Waals surface area contributed by atoms with Gasteiger partial charge in [-0.25, -0.2) is 9.97 Å². The summed E-state index contributed by atoms with van der Waals surface area (Å²) < 4.78 is 6.41. The Labute approximate surface area is 125 Å². The van der Waals surface area contributed by atoms with E-state index in [2.05, 4.69) is 31.2 Å². The number of hydrogen-bond donors (Lipinski definition) is 1. The van der Waals surface area contributed by atoms with Gasteiger partial charge in [0.2, 0.25) is 5.88 Å². The quantitative estimate of drug-likeness (QED) is 0.910. The Hall–Kier alpha value is -1.69. The van der Waals surface area contributed by atoms with Gasteiger partial charge in [0.15, 0.2) is 6.61 Å². The summed E-state index contributed by atoms with van der Waals surface area (Å²) in [5, 5.41) is 3.62. The molecule has 20 heavy (non-hydrogen) atoms. The number of nitrogens with zero attached hydrogens (tertiary/aromatic N) is 2. The molecule has 0 saturated carbocycles. The second-order valence-corrected chi connectivity index (χ2v) is 5.42. The van der Waals surface area contributed by atoms with Crippen LogP contribution in [0.4, 0.5) is 0 Å². The summed E-state index contributed by atoms with van der Waals surface area (Å²) in [5.74, 6) is 0.261. The molecule has 0 fully saturated rings. The lowest BCUT2D eigenvalue weighted by atomic mass is 10.2. The summed E-state index contributed by atoms with van der Waals surface area (Å²) in [5.41, 5.74) is 0.778. The molecule has 0 aliphatic carbocycles. The third-order valence-electron chi connectivity index (χ3n) is 2.92. The minimum absolute atomic E-state index is 0.0526. The monoisotopic (exact) mass is 337 g/mol. The molecule has 1 N–H and O–H groups in total. The van der Waals surface area contributed by atoms with Crippen molar-refractivity contribution in [3.05, 3.63) is 29.0 Å². The van der Waals surface area contributed by atoms with Gasteiger partial charge in [-0.1, -0.05) is 22.9 Å². The molecule has 6 heteroatoms. The van der Waals surface area contributed by atoms with Crippen LogP contribution in [0.25, 0.3) is 10.9 Å².